The number of benzene rings is 2. The first-order valence-corrected chi connectivity index (χ1v) is 44.6. The highest BCUT2D eigenvalue weighted by Crippen LogP contribution is 2.23. The monoisotopic (exact) mass is 1970 g/mol. The molecule has 0 saturated carbocycles. The van der Waals surface area contributed by atoms with Gasteiger partial charge in [0.2, 0.25) is 106 Å². The number of nitrogens with two attached hydrogens (primary N) is 2. The van der Waals surface area contributed by atoms with Crippen LogP contribution in [0.2, 0.25) is 0 Å². The summed E-state index contributed by atoms with van der Waals surface area (Å²) in [6.45, 7) is -2.42. The van der Waals surface area contributed by atoms with Gasteiger partial charge in [0, 0.05) is 67.5 Å². The van der Waals surface area contributed by atoms with Gasteiger partial charge in [-0.25, -0.2) is 4.79 Å². The lowest BCUT2D eigenvalue weighted by atomic mass is 10.0. The van der Waals surface area contributed by atoms with Crippen molar-refractivity contribution in [2.24, 2.45) is 17.4 Å². The zero-order chi connectivity index (χ0) is 102. The maximum absolute atomic E-state index is 14.3. The van der Waals surface area contributed by atoms with Gasteiger partial charge in [-0.15, -0.1) is 0 Å². The third-order valence-corrected chi connectivity index (χ3v) is 22.3. The zero-order valence-corrected chi connectivity index (χ0v) is 76.8. The van der Waals surface area contributed by atoms with Crippen molar-refractivity contribution in [1.29, 1.82) is 5.41 Å². The fourth-order valence-corrected chi connectivity index (χ4v) is 14.5. The number of carboxylic acids is 3. The number of carbonyl (C=O) groups is 21. The van der Waals surface area contributed by atoms with E-state index in [-0.39, 0.29) is 76.8 Å². The normalized spacial score (nSPS) is 16.9. The van der Waals surface area contributed by atoms with Crippen LogP contribution < -0.4 is 102 Å². The van der Waals surface area contributed by atoms with E-state index < -0.39 is 316 Å². The number of hydrogen-bond acceptors (Lipinski definition) is 31. The van der Waals surface area contributed by atoms with Crippen molar-refractivity contribution >= 4 is 166 Å². The molecule has 756 valence electrons. The molecule has 0 radical (unpaired) electrons. The molecular weight excluding hydrogens is 1850 g/mol. The summed E-state index contributed by atoms with van der Waals surface area (Å²) >= 11 is 8.27. The molecule has 5 rings (SSSR count). The standard InChI is InChI=1S/C82H121N23O30S2/c1-38(2)63(103-74(127)53(33-109)97-72(125)52(32-108)98-77(130)59-19-12-24-105(59)80(133)57(37-137)102-71(124)50(27-62(115)116)95-69(122)48(25-41-13-6-5-7-14-41)93-65(118)39(3)89-75(128)56(36-136)101-66(119)44(83)30-106)78(131)90-40(4)64(117)92-46(17-10-22-86-82(84)85)67(120)99-54(34-110)79(132)104-23-11-18-58(104)76(129)88-29-60(112)91-47(20-21-61(113)114)68(121)94-49(26-42-28-87-45-16-9-8-15-43(42)45)70(123)96-51(31-107)73(126)100-55(35-111)81(134)135/h5-9,13-16,28,38-40,44,46-59,63,87,106-111,136-137H,10-12,17-27,29-37,83H2,1-4H3,(H,88,129)(H,89,128)(H,90,131)(H,91,112)(H,92,117)(H,93,118)(H,94,121)(H,95,122)(H,96,123)(H,97,125)(H,98,130)(H,99,120)(H,100,126)(H,101,119)(H,102,124)(H,103,127)(H,113,114)(H,115,116)(H,134,135)(H4,84,85,86)/t39-,40-,44-,46-,47-,48-,49-,50-,51-,52-,53-,54-,55-,56-,57-,58-,59-,63-/m0/s1. The van der Waals surface area contributed by atoms with Crippen molar-refractivity contribution in [2.75, 3.05) is 77.3 Å². The molecule has 2 aromatic carbocycles. The minimum atomic E-state index is -1.96. The molecule has 18 atom stereocenters. The van der Waals surface area contributed by atoms with E-state index >= 15 is 0 Å². The minimum absolute atomic E-state index is 0.0224. The summed E-state index contributed by atoms with van der Waals surface area (Å²) in [5.74, 6) is -26.4. The summed E-state index contributed by atoms with van der Waals surface area (Å²) < 4.78 is 0. The third-order valence-electron chi connectivity index (χ3n) is 21.6. The van der Waals surface area contributed by atoms with Gasteiger partial charge in [-0.1, -0.05) is 62.4 Å². The van der Waals surface area contributed by atoms with Gasteiger partial charge in [-0.2, -0.15) is 25.3 Å². The van der Waals surface area contributed by atoms with Gasteiger partial charge in [0.15, 0.2) is 5.96 Å². The number of guanidine groups is 1. The number of aliphatic hydroxyl groups excluding tert-OH is 6. The number of nitrogens with one attached hydrogen (secondary N) is 19. The van der Waals surface area contributed by atoms with Crippen LogP contribution in [-0.2, 0) is 114 Å². The zero-order valence-electron chi connectivity index (χ0n) is 75.0. The van der Waals surface area contributed by atoms with E-state index in [2.05, 4.69) is 115 Å². The third kappa shape index (κ3) is 35.6. The van der Waals surface area contributed by atoms with E-state index in [4.69, 9.17) is 16.9 Å². The molecule has 2 fully saturated rings. The fourth-order valence-electron chi connectivity index (χ4n) is 14.0. The number of para-hydroxylation sites is 1. The van der Waals surface area contributed by atoms with Crippen LogP contribution in [0.1, 0.15) is 96.6 Å². The molecule has 1 aromatic heterocycles. The maximum atomic E-state index is 14.3. The van der Waals surface area contributed by atoms with Crippen LogP contribution in [0.5, 0.6) is 0 Å². The number of aromatic nitrogens is 1. The predicted octanol–water partition coefficient (Wildman–Crippen LogP) is -13.2. The van der Waals surface area contributed by atoms with Gasteiger partial charge in [-0.3, -0.25) is 101 Å². The van der Waals surface area contributed by atoms with Crippen molar-refractivity contribution in [1.82, 2.24) is 105 Å². The average Bonchev–Trinajstić information content (AvgIpc) is 1.71. The van der Waals surface area contributed by atoms with Crippen molar-refractivity contribution < 1.29 is 147 Å². The molecule has 137 heavy (non-hydrogen) atoms. The number of likely N-dealkylation sites (tertiary alicyclic amines) is 2. The van der Waals surface area contributed by atoms with Gasteiger partial charge in [0.05, 0.1) is 52.6 Å². The van der Waals surface area contributed by atoms with E-state index in [0.29, 0.717) is 22.0 Å². The van der Waals surface area contributed by atoms with Gasteiger partial charge < -0.3 is 163 Å². The Morgan fingerprint density at radius 3 is 1.39 bits per heavy atom. The smallest absolute Gasteiger partial charge is 0.328 e. The number of aromatic amines is 1. The largest absolute Gasteiger partial charge is 0.481 e. The van der Waals surface area contributed by atoms with Gasteiger partial charge in [-0.05, 0) is 81.9 Å². The lowest BCUT2D eigenvalue weighted by Gasteiger charge is -2.30. The first kappa shape index (κ1) is 114. The molecule has 53 nitrogen and oxygen atoms in total. The first-order chi connectivity index (χ1) is 64.9. The summed E-state index contributed by atoms with van der Waals surface area (Å²) in [6.07, 6.45) is -1.73. The molecule has 0 aliphatic carbocycles. The van der Waals surface area contributed by atoms with Crippen LogP contribution in [0, 0.1) is 11.3 Å². The van der Waals surface area contributed by atoms with E-state index in [1.165, 1.54) is 27.0 Å². The maximum Gasteiger partial charge on any atom is 0.328 e. The molecular formula is C82H121N23O30S2. The highest BCUT2D eigenvalue weighted by atomic mass is 32.1. The highest BCUT2D eigenvalue weighted by molar-refractivity contribution is 7.80. The van der Waals surface area contributed by atoms with Crippen molar-refractivity contribution in [3.63, 3.8) is 0 Å². The van der Waals surface area contributed by atoms with Gasteiger partial charge in [0.25, 0.3) is 0 Å². The summed E-state index contributed by atoms with van der Waals surface area (Å²) in [6, 6.07) is -15.0. The highest BCUT2D eigenvalue weighted by Gasteiger charge is 2.44. The molecule has 2 aliphatic heterocycles. The molecule has 2 saturated heterocycles. The number of aliphatic hydroxyl groups is 6. The lowest BCUT2D eigenvalue weighted by molar-refractivity contribution is -0.144. The Morgan fingerprint density at radius 2 is 0.869 bits per heavy atom. The second-order valence-electron chi connectivity index (χ2n) is 32.3. The molecule has 32 N–H and O–H groups in total. The lowest BCUT2D eigenvalue weighted by Crippen LogP contribution is -2.62. The number of carboxylic acid groups (broad SMARTS) is 3. The Kier molecular flexibility index (Phi) is 47.3. The number of fused-ring (bicyclic) bond motifs is 1. The Bertz CT molecular complexity index is 4790. The molecule has 55 heteroatoms. The topological polar surface area (TPSA) is 843 Å². The summed E-state index contributed by atoms with van der Waals surface area (Å²) in [7, 11) is 0. The molecule has 3 heterocycles. The summed E-state index contributed by atoms with van der Waals surface area (Å²) in [4.78, 5) is 289. The summed E-state index contributed by atoms with van der Waals surface area (Å²) in [5, 5.41) is 137. The van der Waals surface area contributed by atoms with Crippen molar-refractivity contribution in [2.45, 2.75) is 207 Å². The number of hydrogen-bond donors (Lipinski definition) is 32. The Labute approximate surface area is 793 Å². The van der Waals surface area contributed by atoms with Gasteiger partial charge >= 0.3 is 17.9 Å². The van der Waals surface area contributed by atoms with Crippen LogP contribution >= 0.6 is 25.3 Å². The van der Waals surface area contributed by atoms with E-state index in [0.717, 1.165) is 16.7 Å². The summed E-state index contributed by atoms with van der Waals surface area (Å²) in [5.41, 5.74) is 12.4. The molecule has 3 aromatic rings. The number of aliphatic carboxylic acids is 3. The van der Waals surface area contributed by atoms with E-state index in [9.17, 15) is 147 Å². The van der Waals surface area contributed by atoms with Crippen molar-refractivity contribution in [3.8, 4) is 0 Å². The Hall–Kier alpha value is -13.5. The molecule has 0 bridgehead atoms. The second kappa shape index (κ2) is 56.8. The Morgan fingerprint density at radius 1 is 0.438 bits per heavy atom. The number of nitrogens with zero attached hydrogens (tertiary/aromatic N) is 2. The number of rotatable bonds is 57. The molecule has 2 aliphatic rings. The molecule has 0 spiro atoms. The van der Waals surface area contributed by atoms with Crippen LogP contribution in [0.15, 0.2) is 60.8 Å². The van der Waals surface area contributed by atoms with Crippen LogP contribution in [0.4, 0.5) is 0 Å². The minimum Gasteiger partial charge on any atom is -0.481 e. The number of H-pyrrole nitrogens is 1. The van der Waals surface area contributed by atoms with E-state index in [1.807, 2.05) is 5.32 Å². The molecule has 0 unspecified atom stereocenters. The second-order valence-corrected chi connectivity index (χ2v) is 33.0. The number of thiol groups is 2. The van der Waals surface area contributed by atoms with Crippen LogP contribution in [0.25, 0.3) is 10.9 Å². The SMILES string of the molecule is CC(C)[C@H](NC(=O)[C@H](CO)NC(=O)[C@H](CO)NC(=O)[C@@H]1CCCN1C(=O)[C@H](CS)NC(=O)[C@H](CC(=O)O)NC(=O)[C@H](Cc1ccccc1)NC(=O)[C@H](C)NC(=O)[C@H](CS)NC(=O)[C@@H](N)CO)C(=O)N[C@@H](C)C(=O)N[C@@H](CCCNC(=N)N)C(=O)N[C@@H](CO)C(=O)N1CCC[C@H]1C(=O)NCC(=O)N[C@@H](CCC(=O)O)C(=O)N[C@@H](Cc1c[nH]c2ccccc12)C(=O)N[C@@H](CO)C(=O)N[C@@H](CO)C(=O)O. The fraction of sp³-hybridized carbons (Fsp3) is 0.561. The number of amides is 18. The van der Waals surface area contributed by atoms with Crippen LogP contribution in [-0.4, -0.2) is 377 Å². The van der Waals surface area contributed by atoms with Crippen LogP contribution in [0.3, 0.4) is 0 Å². The average molecular weight is 1970 g/mol. The van der Waals surface area contributed by atoms with E-state index in [1.54, 1.807) is 54.6 Å². The molecule has 18 amide bonds. The quantitative estimate of drug-likeness (QED) is 0.0108. The van der Waals surface area contributed by atoms with Crippen molar-refractivity contribution in [3.05, 3.63) is 71.9 Å². The Balaban J connectivity index is 1.20. The first-order valence-electron chi connectivity index (χ1n) is 43.3. The van der Waals surface area contributed by atoms with Gasteiger partial charge in [0.1, 0.15) is 109 Å². The predicted molar refractivity (Wildman–Crippen MR) is 484 cm³/mol. The number of carbonyl (C=O) groups excluding carboxylic acids is 18.